The van der Waals surface area contributed by atoms with Crippen molar-refractivity contribution in [1.82, 2.24) is 9.88 Å². The molecule has 6 heteroatoms. The lowest BCUT2D eigenvalue weighted by molar-refractivity contribution is -0.385. The van der Waals surface area contributed by atoms with E-state index in [4.69, 9.17) is 0 Å². The van der Waals surface area contributed by atoms with Crippen LogP contribution in [0.5, 0.6) is 0 Å². The van der Waals surface area contributed by atoms with Crippen LogP contribution in [0.2, 0.25) is 0 Å². The molecule has 0 unspecified atom stereocenters. The molecule has 2 aliphatic heterocycles. The monoisotopic (exact) mass is 290 g/mol. The fourth-order valence-electron chi connectivity index (χ4n) is 4.14. The van der Waals surface area contributed by atoms with Gasteiger partial charge >= 0.3 is 0 Å². The molecule has 21 heavy (non-hydrogen) atoms. The van der Waals surface area contributed by atoms with Gasteiger partial charge in [0.1, 0.15) is 12.0 Å². The predicted molar refractivity (Wildman–Crippen MR) is 81.6 cm³/mol. The number of likely N-dealkylation sites (tertiary alicyclic amines) is 1. The minimum atomic E-state index is -0.389. The van der Waals surface area contributed by atoms with Gasteiger partial charge in [0.25, 0.3) is 5.69 Å². The van der Waals surface area contributed by atoms with Gasteiger partial charge in [0.05, 0.1) is 4.92 Å². The van der Waals surface area contributed by atoms with Gasteiger partial charge in [-0.05, 0) is 19.5 Å². The highest BCUT2D eigenvalue weighted by Crippen LogP contribution is 2.52. The number of hydrogen-bond donors (Lipinski definition) is 0. The molecule has 1 aromatic rings. The van der Waals surface area contributed by atoms with E-state index in [1.807, 2.05) is 6.92 Å². The maximum absolute atomic E-state index is 10.8. The third-order valence-corrected chi connectivity index (χ3v) is 5.32. The number of aromatic nitrogens is 1. The first kappa shape index (κ1) is 14.3. The lowest BCUT2D eigenvalue weighted by Crippen LogP contribution is -2.34. The van der Waals surface area contributed by atoms with Crippen LogP contribution in [0.3, 0.4) is 0 Å². The zero-order valence-corrected chi connectivity index (χ0v) is 13.1. The molecule has 0 radical (unpaired) electrons. The standard InChI is InChI=1S/C15H22N4O2/c1-11-5-12(19(20)21)6-16-13(11)18-9-14(2)7-17(4)8-15(14,3)10-18/h5-6H,7-10H2,1-4H3/t14-,15+. The molecule has 0 saturated carbocycles. The van der Waals surface area contributed by atoms with Crippen molar-refractivity contribution in [2.75, 3.05) is 38.1 Å². The first-order chi connectivity index (χ1) is 9.74. The van der Waals surface area contributed by atoms with E-state index < -0.39 is 0 Å². The van der Waals surface area contributed by atoms with Crippen molar-refractivity contribution >= 4 is 11.5 Å². The van der Waals surface area contributed by atoms with Crippen molar-refractivity contribution in [3.05, 3.63) is 27.9 Å². The molecule has 114 valence electrons. The Bertz CT molecular complexity index is 585. The number of aryl methyl sites for hydroxylation is 1. The second-order valence-corrected chi connectivity index (χ2v) is 7.24. The predicted octanol–water partition coefficient (Wildman–Crippen LogP) is 2.08. The van der Waals surface area contributed by atoms with E-state index in [0.29, 0.717) is 0 Å². The molecule has 0 spiro atoms. The molecule has 0 N–H and O–H groups in total. The number of nitrogens with zero attached hydrogens (tertiary/aromatic N) is 4. The van der Waals surface area contributed by atoms with Crippen LogP contribution in [0.25, 0.3) is 0 Å². The lowest BCUT2D eigenvalue weighted by atomic mass is 9.71. The Morgan fingerprint density at radius 1 is 1.24 bits per heavy atom. The van der Waals surface area contributed by atoms with E-state index in [2.05, 4.69) is 35.7 Å². The van der Waals surface area contributed by atoms with E-state index >= 15 is 0 Å². The Hall–Kier alpha value is -1.69. The number of rotatable bonds is 2. The van der Waals surface area contributed by atoms with Gasteiger partial charge in [-0.15, -0.1) is 0 Å². The van der Waals surface area contributed by atoms with Crippen molar-refractivity contribution in [3.63, 3.8) is 0 Å². The van der Waals surface area contributed by atoms with Crippen LogP contribution in [0, 0.1) is 27.9 Å². The minimum Gasteiger partial charge on any atom is -0.355 e. The van der Waals surface area contributed by atoms with Gasteiger partial charge in [0, 0.05) is 43.1 Å². The molecule has 0 aliphatic carbocycles. The first-order valence-corrected chi connectivity index (χ1v) is 7.29. The summed E-state index contributed by atoms with van der Waals surface area (Å²) >= 11 is 0. The van der Waals surface area contributed by atoms with E-state index in [0.717, 1.165) is 37.6 Å². The van der Waals surface area contributed by atoms with Gasteiger partial charge in [-0.3, -0.25) is 10.1 Å². The van der Waals surface area contributed by atoms with Crippen molar-refractivity contribution in [1.29, 1.82) is 0 Å². The van der Waals surface area contributed by atoms with Crippen molar-refractivity contribution in [2.45, 2.75) is 20.8 Å². The number of hydrogen-bond acceptors (Lipinski definition) is 5. The zero-order valence-electron chi connectivity index (χ0n) is 13.1. The van der Waals surface area contributed by atoms with Crippen molar-refractivity contribution in [2.24, 2.45) is 10.8 Å². The fraction of sp³-hybridized carbons (Fsp3) is 0.667. The zero-order chi connectivity index (χ0) is 15.4. The van der Waals surface area contributed by atoms with Crippen LogP contribution < -0.4 is 4.90 Å². The van der Waals surface area contributed by atoms with Crippen LogP contribution in [-0.2, 0) is 0 Å². The Labute approximate surface area is 124 Å². The molecule has 3 rings (SSSR count). The van der Waals surface area contributed by atoms with Gasteiger partial charge in [0.2, 0.25) is 0 Å². The normalized spacial score (nSPS) is 32.5. The summed E-state index contributed by atoms with van der Waals surface area (Å²) in [7, 11) is 2.18. The molecular formula is C15H22N4O2. The minimum absolute atomic E-state index is 0.0628. The Balaban J connectivity index is 1.89. The largest absolute Gasteiger partial charge is 0.355 e. The van der Waals surface area contributed by atoms with Crippen LogP contribution >= 0.6 is 0 Å². The Kier molecular flexibility index (Phi) is 2.99. The molecule has 3 heterocycles. The highest BCUT2D eigenvalue weighted by Gasteiger charge is 2.57. The third kappa shape index (κ3) is 2.09. The molecule has 2 saturated heterocycles. The third-order valence-electron chi connectivity index (χ3n) is 5.32. The summed E-state index contributed by atoms with van der Waals surface area (Å²) in [6.45, 7) is 10.7. The number of nitro groups is 1. The van der Waals surface area contributed by atoms with Gasteiger partial charge in [0.15, 0.2) is 0 Å². The topological polar surface area (TPSA) is 62.5 Å². The summed E-state index contributed by atoms with van der Waals surface area (Å²) in [5, 5.41) is 10.8. The summed E-state index contributed by atoms with van der Waals surface area (Å²) in [6, 6.07) is 1.62. The molecule has 1 aromatic heterocycles. The van der Waals surface area contributed by atoms with Crippen LogP contribution in [0.4, 0.5) is 11.5 Å². The quantitative estimate of drug-likeness (QED) is 0.616. The summed E-state index contributed by atoms with van der Waals surface area (Å²) in [4.78, 5) is 19.5. The first-order valence-electron chi connectivity index (χ1n) is 7.29. The summed E-state index contributed by atoms with van der Waals surface area (Å²) < 4.78 is 0. The summed E-state index contributed by atoms with van der Waals surface area (Å²) in [6.07, 6.45) is 1.37. The molecule has 6 nitrogen and oxygen atoms in total. The fourth-order valence-corrected chi connectivity index (χ4v) is 4.14. The second kappa shape index (κ2) is 4.40. The maximum atomic E-state index is 10.8. The number of fused-ring (bicyclic) bond motifs is 1. The summed E-state index contributed by atoms with van der Waals surface area (Å²) in [5.74, 6) is 0.889. The molecule has 0 bridgehead atoms. The van der Waals surface area contributed by atoms with Crippen molar-refractivity contribution in [3.8, 4) is 0 Å². The number of anilines is 1. The van der Waals surface area contributed by atoms with Gasteiger partial charge in [-0.25, -0.2) is 4.98 Å². The van der Waals surface area contributed by atoms with E-state index in [1.54, 1.807) is 6.07 Å². The van der Waals surface area contributed by atoms with Crippen LogP contribution in [0.15, 0.2) is 12.3 Å². The molecule has 0 aromatic carbocycles. The van der Waals surface area contributed by atoms with Gasteiger partial charge in [-0.1, -0.05) is 13.8 Å². The Morgan fingerprint density at radius 3 is 2.29 bits per heavy atom. The molecule has 2 fully saturated rings. The van der Waals surface area contributed by atoms with Gasteiger partial charge < -0.3 is 9.80 Å². The second-order valence-electron chi connectivity index (χ2n) is 7.24. The molecule has 0 amide bonds. The van der Waals surface area contributed by atoms with E-state index in [9.17, 15) is 10.1 Å². The highest BCUT2D eigenvalue weighted by molar-refractivity contribution is 5.52. The van der Waals surface area contributed by atoms with Crippen molar-refractivity contribution < 1.29 is 4.92 Å². The average molecular weight is 290 g/mol. The van der Waals surface area contributed by atoms with Crippen LogP contribution in [0.1, 0.15) is 19.4 Å². The Morgan fingerprint density at radius 2 is 1.81 bits per heavy atom. The highest BCUT2D eigenvalue weighted by atomic mass is 16.6. The van der Waals surface area contributed by atoms with E-state index in [-0.39, 0.29) is 21.4 Å². The van der Waals surface area contributed by atoms with Gasteiger partial charge in [-0.2, -0.15) is 0 Å². The smallest absolute Gasteiger partial charge is 0.287 e. The van der Waals surface area contributed by atoms with Crippen LogP contribution in [-0.4, -0.2) is 48.0 Å². The summed E-state index contributed by atoms with van der Waals surface area (Å²) in [5.41, 5.74) is 1.44. The molecular weight excluding hydrogens is 268 g/mol. The average Bonchev–Trinajstić information content (AvgIpc) is 2.71. The lowest BCUT2D eigenvalue weighted by Gasteiger charge is -2.30. The number of pyridine rings is 1. The SMILES string of the molecule is Cc1cc([N+](=O)[O-])cnc1N1C[C@]2(C)CN(C)C[C@]2(C)C1. The maximum Gasteiger partial charge on any atom is 0.287 e. The molecule has 2 aliphatic rings. The van der Waals surface area contributed by atoms with E-state index in [1.165, 1.54) is 6.20 Å². The molecule has 2 atom stereocenters.